The van der Waals surface area contributed by atoms with Crippen LogP contribution < -0.4 is 20.8 Å². The Balaban J connectivity index is 2.04. The van der Waals surface area contributed by atoms with Crippen molar-refractivity contribution in [1.29, 1.82) is 0 Å². The fourth-order valence-electron chi connectivity index (χ4n) is 2.27. The first kappa shape index (κ1) is 22.2. The van der Waals surface area contributed by atoms with Crippen LogP contribution in [-0.2, 0) is 6.18 Å². The zero-order chi connectivity index (χ0) is 21.8. The van der Waals surface area contributed by atoms with E-state index in [1.807, 2.05) is 6.92 Å². The van der Waals surface area contributed by atoms with Gasteiger partial charge in [0.25, 0.3) is 0 Å². The summed E-state index contributed by atoms with van der Waals surface area (Å²) in [4.78, 5) is 24.3. The minimum atomic E-state index is -4.60. The number of aryl methyl sites for hydroxylation is 1. The first-order chi connectivity index (χ1) is 13.5. The smallest absolute Gasteiger partial charge is 0.416 e. The van der Waals surface area contributed by atoms with E-state index in [1.54, 1.807) is 18.2 Å². The fourth-order valence-corrected chi connectivity index (χ4v) is 2.43. The highest BCUT2D eigenvalue weighted by molar-refractivity contribution is 6.33. The summed E-state index contributed by atoms with van der Waals surface area (Å²) < 4.78 is 43.6. The summed E-state index contributed by atoms with van der Waals surface area (Å²) in [6.45, 7) is 1.82. The van der Waals surface area contributed by atoms with Crippen molar-refractivity contribution in [1.82, 2.24) is 10.4 Å². The number of hydrazine groups is 1. The number of carbonyl (C=O) groups is 2. The first-order valence-corrected chi connectivity index (χ1v) is 8.53. The molecule has 0 spiro atoms. The van der Waals surface area contributed by atoms with Gasteiger partial charge >= 0.3 is 18.2 Å². The number of amides is 4. The second kappa shape index (κ2) is 8.91. The Hall–Kier alpha value is -3.14. The molecular weight excluding hydrogens is 413 g/mol. The monoisotopic (exact) mass is 430 g/mol. The third-order valence-electron chi connectivity index (χ3n) is 3.71. The number of urea groups is 2. The zero-order valence-electron chi connectivity index (χ0n) is 15.6. The van der Waals surface area contributed by atoms with Gasteiger partial charge in [0.05, 0.1) is 29.1 Å². The summed E-state index contributed by atoms with van der Waals surface area (Å²) in [6.07, 6.45) is -4.60. The largest absolute Gasteiger partial charge is 0.495 e. The van der Waals surface area contributed by atoms with Gasteiger partial charge in [-0.25, -0.2) is 20.0 Å². The summed E-state index contributed by atoms with van der Waals surface area (Å²) >= 11 is 5.84. The SMILES string of the molecule is COc1ccc(C)cc1NC(=O)NN(C)C(=O)Nc1cc(C(F)(F)F)ccc1Cl. The molecule has 0 radical (unpaired) electrons. The van der Waals surface area contributed by atoms with Gasteiger partial charge in [-0.3, -0.25) is 0 Å². The minimum absolute atomic E-state index is 0.0892. The molecule has 0 bridgehead atoms. The Labute approximate surface area is 169 Å². The highest BCUT2D eigenvalue weighted by atomic mass is 35.5. The highest BCUT2D eigenvalue weighted by Gasteiger charge is 2.31. The third-order valence-corrected chi connectivity index (χ3v) is 4.04. The quantitative estimate of drug-likeness (QED) is 0.607. The first-order valence-electron chi connectivity index (χ1n) is 8.15. The molecule has 0 saturated heterocycles. The van der Waals surface area contributed by atoms with E-state index in [-0.39, 0.29) is 10.7 Å². The molecule has 3 N–H and O–H groups in total. The third kappa shape index (κ3) is 5.92. The summed E-state index contributed by atoms with van der Waals surface area (Å²) in [6, 6.07) is 5.97. The maximum atomic E-state index is 12.8. The van der Waals surface area contributed by atoms with E-state index in [9.17, 15) is 22.8 Å². The summed E-state index contributed by atoms with van der Waals surface area (Å²) in [5, 5.41) is 5.40. The van der Waals surface area contributed by atoms with Gasteiger partial charge < -0.3 is 15.4 Å². The van der Waals surface area contributed by atoms with Crippen LogP contribution in [0.2, 0.25) is 5.02 Å². The molecule has 29 heavy (non-hydrogen) atoms. The lowest BCUT2D eigenvalue weighted by atomic mass is 10.2. The molecule has 2 rings (SSSR count). The number of methoxy groups -OCH3 is 1. The Morgan fingerprint density at radius 2 is 1.76 bits per heavy atom. The maximum absolute atomic E-state index is 12.8. The molecule has 11 heteroatoms. The molecule has 4 amide bonds. The summed E-state index contributed by atoms with van der Waals surface area (Å²) in [5.41, 5.74) is 2.25. The van der Waals surface area contributed by atoms with Gasteiger partial charge in [-0.15, -0.1) is 0 Å². The molecule has 7 nitrogen and oxygen atoms in total. The van der Waals surface area contributed by atoms with Gasteiger partial charge in [-0.05, 0) is 42.8 Å². The van der Waals surface area contributed by atoms with Crippen LogP contribution >= 0.6 is 11.6 Å². The minimum Gasteiger partial charge on any atom is -0.495 e. The number of rotatable bonds is 3. The summed E-state index contributed by atoms with van der Waals surface area (Å²) in [7, 11) is 2.65. The standard InChI is InChI=1S/C18H18ClF3N4O3/c1-10-4-7-15(29-3)14(8-10)23-16(27)25-26(2)17(28)24-13-9-11(18(20,21)22)5-6-12(13)19/h4-9H,1-3H3,(H,24,28)(H2,23,25,27). The van der Waals surface area contributed by atoms with Crippen molar-refractivity contribution in [2.75, 3.05) is 24.8 Å². The Morgan fingerprint density at radius 1 is 1.07 bits per heavy atom. The number of benzene rings is 2. The Morgan fingerprint density at radius 3 is 2.38 bits per heavy atom. The number of nitrogens with one attached hydrogen (secondary N) is 3. The van der Waals surface area contributed by atoms with E-state index in [0.29, 0.717) is 17.5 Å². The van der Waals surface area contributed by atoms with Crippen LogP contribution in [0.25, 0.3) is 0 Å². The fraction of sp³-hybridized carbons (Fsp3) is 0.222. The van der Waals surface area contributed by atoms with Crippen LogP contribution in [0, 0.1) is 6.92 Å². The van der Waals surface area contributed by atoms with Crippen LogP contribution in [0.3, 0.4) is 0 Å². The van der Waals surface area contributed by atoms with Crippen LogP contribution in [0.4, 0.5) is 34.1 Å². The van der Waals surface area contributed by atoms with Crippen molar-refractivity contribution in [2.45, 2.75) is 13.1 Å². The highest BCUT2D eigenvalue weighted by Crippen LogP contribution is 2.33. The van der Waals surface area contributed by atoms with E-state index in [4.69, 9.17) is 16.3 Å². The molecule has 2 aromatic carbocycles. The molecule has 0 aliphatic heterocycles. The van der Waals surface area contributed by atoms with Crippen molar-refractivity contribution in [3.05, 3.63) is 52.5 Å². The van der Waals surface area contributed by atoms with Gasteiger partial charge in [-0.1, -0.05) is 17.7 Å². The Bertz CT molecular complexity index is 922. The number of ether oxygens (including phenoxy) is 1. The van der Waals surface area contributed by atoms with Crippen molar-refractivity contribution < 1.29 is 27.5 Å². The van der Waals surface area contributed by atoms with E-state index in [0.717, 1.165) is 22.7 Å². The number of hydrogen-bond donors (Lipinski definition) is 3. The number of halogens is 4. The normalized spacial score (nSPS) is 10.9. The number of hydrogen-bond acceptors (Lipinski definition) is 3. The molecule has 0 heterocycles. The molecule has 0 fully saturated rings. The van der Waals surface area contributed by atoms with Crippen molar-refractivity contribution >= 4 is 35.0 Å². The van der Waals surface area contributed by atoms with E-state index in [2.05, 4.69) is 16.1 Å². The lowest BCUT2D eigenvalue weighted by molar-refractivity contribution is -0.137. The summed E-state index contributed by atoms with van der Waals surface area (Å²) in [5.74, 6) is 0.411. The van der Waals surface area contributed by atoms with Gasteiger partial charge in [0.15, 0.2) is 0 Å². The molecule has 0 aliphatic carbocycles. The zero-order valence-corrected chi connectivity index (χ0v) is 16.4. The van der Waals surface area contributed by atoms with Gasteiger partial charge in [0, 0.05) is 7.05 Å². The topological polar surface area (TPSA) is 82.7 Å². The second-order valence-electron chi connectivity index (χ2n) is 5.95. The van der Waals surface area contributed by atoms with Gasteiger partial charge in [0.1, 0.15) is 5.75 Å². The van der Waals surface area contributed by atoms with Crippen molar-refractivity contribution in [2.24, 2.45) is 0 Å². The van der Waals surface area contributed by atoms with Crippen LogP contribution in [0.1, 0.15) is 11.1 Å². The predicted octanol–water partition coefficient (Wildman–Crippen LogP) is 4.88. The molecule has 2 aromatic rings. The molecule has 156 valence electrons. The lowest BCUT2D eigenvalue weighted by Gasteiger charge is -2.20. The lowest BCUT2D eigenvalue weighted by Crippen LogP contribution is -2.47. The van der Waals surface area contributed by atoms with Crippen molar-refractivity contribution in [3.63, 3.8) is 0 Å². The molecule has 0 aliphatic rings. The van der Waals surface area contributed by atoms with E-state index >= 15 is 0 Å². The molecule has 0 atom stereocenters. The number of carbonyl (C=O) groups excluding carboxylic acids is 2. The molecule has 0 aromatic heterocycles. The maximum Gasteiger partial charge on any atom is 0.416 e. The van der Waals surface area contributed by atoms with Gasteiger partial charge in [-0.2, -0.15) is 13.2 Å². The number of anilines is 2. The Kier molecular flexibility index (Phi) is 6.80. The van der Waals surface area contributed by atoms with Crippen LogP contribution in [0.5, 0.6) is 5.75 Å². The predicted molar refractivity (Wildman–Crippen MR) is 103 cm³/mol. The average Bonchev–Trinajstić information content (AvgIpc) is 2.62. The van der Waals surface area contributed by atoms with E-state index < -0.39 is 23.8 Å². The molecular formula is C18H18ClF3N4O3. The number of nitrogens with zero attached hydrogens (tertiary/aromatic N) is 1. The average molecular weight is 431 g/mol. The van der Waals surface area contributed by atoms with Crippen LogP contribution in [-0.4, -0.2) is 31.2 Å². The van der Waals surface area contributed by atoms with E-state index in [1.165, 1.54) is 14.2 Å². The van der Waals surface area contributed by atoms with Crippen molar-refractivity contribution in [3.8, 4) is 5.75 Å². The molecule has 0 unspecified atom stereocenters. The second-order valence-corrected chi connectivity index (χ2v) is 6.36. The van der Waals surface area contributed by atoms with Crippen LogP contribution in [0.15, 0.2) is 36.4 Å². The van der Waals surface area contributed by atoms with Gasteiger partial charge in [0.2, 0.25) is 0 Å². The number of alkyl halides is 3. The molecule has 0 saturated carbocycles.